The highest BCUT2D eigenvalue weighted by Crippen LogP contribution is 2.30. The number of fused-ring (bicyclic) bond motifs is 1. The Labute approximate surface area is 138 Å². The molecular formula is C19H26N2O2. The van der Waals surface area contributed by atoms with Crippen LogP contribution in [0.2, 0.25) is 0 Å². The quantitative estimate of drug-likeness (QED) is 0.842. The summed E-state index contributed by atoms with van der Waals surface area (Å²) >= 11 is 0. The fraction of sp³-hybridized carbons (Fsp3) is 0.579. The third kappa shape index (κ3) is 3.12. The fourth-order valence-electron chi connectivity index (χ4n) is 3.96. The molecule has 2 aliphatic rings. The molecule has 124 valence electrons. The Morgan fingerprint density at radius 2 is 1.83 bits per heavy atom. The van der Waals surface area contributed by atoms with Crippen LogP contribution in [0.25, 0.3) is 0 Å². The number of hydrogen-bond acceptors (Lipinski definition) is 2. The smallest absolute Gasteiger partial charge is 0.254 e. The molecule has 23 heavy (non-hydrogen) atoms. The first-order valence-corrected chi connectivity index (χ1v) is 8.77. The summed E-state index contributed by atoms with van der Waals surface area (Å²) in [5.74, 6) is 0.337. The molecule has 0 aliphatic carbocycles. The van der Waals surface area contributed by atoms with Crippen LogP contribution in [-0.4, -0.2) is 47.3 Å². The van der Waals surface area contributed by atoms with Crippen LogP contribution in [0.5, 0.6) is 0 Å². The highest BCUT2D eigenvalue weighted by atomic mass is 16.2. The summed E-state index contributed by atoms with van der Waals surface area (Å²) in [4.78, 5) is 29.0. The number of carbonyl (C=O) groups excluding carboxylic acids is 2. The average Bonchev–Trinajstić information content (AvgIpc) is 2.74. The monoisotopic (exact) mass is 314 g/mol. The van der Waals surface area contributed by atoms with Gasteiger partial charge in [0.25, 0.3) is 5.91 Å². The van der Waals surface area contributed by atoms with E-state index in [-0.39, 0.29) is 23.9 Å². The molecule has 0 bridgehead atoms. The Hall–Kier alpha value is -1.84. The molecule has 0 saturated carbocycles. The number of amides is 2. The van der Waals surface area contributed by atoms with Gasteiger partial charge in [-0.05, 0) is 49.8 Å². The van der Waals surface area contributed by atoms with E-state index >= 15 is 0 Å². The highest BCUT2D eigenvalue weighted by Gasteiger charge is 2.39. The molecule has 3 rings (SSSR count). The maximum atomic E-state index is 13.0. The number of rotatable bonds is 2. The van der Waals surface area contributed by atoms with Crippen LogP contribution in [0.1, 0.15) is 54.9 Å². The molecule has 0 N–H and O–H groups in total. The summed E-state index contributed by atoms with van der Waals surface area (Å²) in [6.07, 6.45) is 5.37. The first-order chi connectivity index (χ1) is 11.1. The summed E-state index contributed by atoms with van der Waals surface area (Å²) in [5, 5.41) is 0. The van der Waals surface area contributed by atoms with Crippen LogP contribution >= 0.6 is 0 Å². The minimum atomic E-state index is 0.116. The third-order valence-corrected chi connectivity index (χ3v) is 5.39. The van der Waals surface area contributed by atoms with Gasteiger partial charge in [0.2, 0.25) is 5.91 Å². The first kappa shape index (κ1) is 16.0. The van der Waals surface area contributed by atoms with Crippen LogP contribution in [0, 0.1) is 0 Å². The van der Waals surface area contributed by atoms with E-state index in [4.69, 9.17) is 0 Å². The summed E-state index contributed by atoms with van der Waals surface area (Å²) in [5.41, 5.74) is 2.01. The van der Waals surface area contributed by atoms with Gasteiger partial charge in [0, 0.05) is 25.6 Å². The van der Waals surface area contributed by atoms with Gasteiger partial charge in [-0.15, -0.1) is 0 Å². The van der Waals surface area contributed by atoms with Crippen molar-refractivity contribution in [2.24, 2.45) is 0 Å². The van der Waals surface area contributed by atoms with Crippen LogP contribution in [0.15, 0.2) is 24.3 Å². The topological polar surface area (TPSA) is 40.6 Å². The minimum absolute atomic E-state index is 0.116. The van der Waals surface area contributed by atoms with Crippen LogP contribution < -0.4 is 0 Å². The molecule has 0 aromatic heterocycles. The predicted molar refractivity (Wildman–Crippen MR) is 90.3 cm³/mol. The lowest BCUT2D eigenvalue weighted by atomic mass is 9.92. The van der Waals surface area contributed by atoms with Gasteiger partial charge < -0.3 is 9.80 Å². The van der Waals surface area contributed by atoms with Crippen molar-refractivity contribution in [1.29, 1.82) is 0 Å². The van der Waals surface area contributed by atoms with Gasteiger partial charge in [0.05, 0.1) is 12.1 Å². The van der Waals surface area contributed by atoms with Gasteiger partial charge in [-0.2, -0.15) is 0 Å². The second-order valence-corrected chi connectivity index (χ2v) is 6.72. The van der Waals surface area contributed by atoms with E-state index in [9.17, 15) is 9.59 Å². The summed E-state index contributed by atoms with van der Waals surface area (Å²) < 4.78 is 0. The highest BCUT2D eigenvalue weighted by molar-refractivity contribution is 5.94. The van der Waals surface area contributed by atoms with Crippen molar-refractivity contribution >= 4 is 11.8 Å². The molecule has 4 heteroatoms. The third-order valence-electron chi connectivity index (χ3n) is 5.39. The zero-order valence-electron chi connectivity index (χ0n) is 14.1. The second-order valence-electron chi connectivity index (χ2n) is 6.72. The lowest BCUT2D eigenvalue weighted by Crippen LogP contribution is -2.56. The molecule has 2 fully saturated rings. The Bertz CT molecular complexity index is 582. The van der Waals surface area contributed by atoms with Gasteiger partial charge in [0.1, 0.15) is 0 Å². The van der Waals surface area contributed by atoms with E-state index < -0.39 is 0 Å². The summed E-state index contributed by atoms with van der Waals surface area (Å²) in [6.45, 7) is 2.92. The number of aryl methyl sites for hydroxylation is 1. The number of benzene rings is 1. The van der Waals surface area contributed by atoms with Crippen LogP contribution in [-0.2, 0) is 11.2 Å². The Morgan fingerprint density at radius 1 is 1.13 bits per heavy atom. The molecular weight excluding hydrogens is 288 g/mol. The molecule has 1 aromatic carbocycles. The maximum absolute atomic E-state index is 13.0. The number of nitrogens with zero attached hydrogens (tertiary/aromatic N) is 2. The van der Waals surface area contributed by atoms with Crippen molar-refractivity contribution in [3.63, 3.8) is 0 Å². The summed E-state index contributed by atoms with van der Waals surface area (Å²) in [6, 6.07) is 8.30. The zero-order chi connectivity index (χ0) is 16.4. The van der Waals surface area contributed by atoms with Gasteiger partial charge in [-0.1, -0.05) is 19.1 Å². The molecule has 2 amide bonds. The number of likely N-dealkylation sites (tertiary alicyclic amines) is 2. The Balaban J connectivity index is 1.82. The number of piperidine rings is 1. The largest absolute Gasteiger partial charge is 0.341 e. The molecule has 1 aromatic rings. The van der Waals surface area contributed by atoms with Gasteiger partial charge in [-0.3, -0.25) is 9.59 Å². The Morgan fingerprint density at radius 3 is 2.52 bits per heavy atom. The second kappa shape index (κ2) is 6.73. The Kier molecular flexibility index (Phi) is 4.69. The van der Waals surface area contributed by atoms with Crippen molar-refractivity contribution in [1.82, 2.24) is 9.80 Å². The van der Waals surface area contributed by atoms with E-state index in [0.717, 1.165) is 44.2 Å². The number of hydrogen-bond donors (Lipinski definition) is 0. The lowest BCUT2D eigenvalue weighted by Gasteiger charge is -2.43. The molecule has 4 nitrogen and oxygen atoms in total. The SMILES string of the molecule is CCc1ccc(C(=O)N2CCC[C@@H]3[C@H]2CCCC(=O)N3C)cc1. The molecule has 0 spiro atoms. The predicted octanol–water partition coefficient (Wildman–Crippen LogP) is 2.86. The van der Waals surface area contributed by atoms with Crippen molar-refractivity contribution < 1.29 is 9.59 Å². The minimum Gasteiger partial charge on any atom is -0.341 e. The first-order valence-electron chi connectivity index (χ1n) is 8.77. The molecule has 0 unspecified atom stereocenters. The van der Waals surface area contributed by atoms with E-state index in [1.54, 1.807) is 0 Å². The van der Waals surface area contributed by atoms with Gasteiger partial charge >= 0.3 is 0 Å². The van der Waals surface area contributed by atoms with Gasteiger partial charge in [-0.25, -0.2) is 0 Å². The molecule has 2 atom stereocenters. The normalized spacial score (nSPS) is 25.0. The standard InChI is InChI=1S/C19H26N2O2/c1-3-14-9-11-15(12-10-14)19(23)21-13-5-7-16-17(21)6-4-8-18(22)20(16)2/h9-12,16-17H,3-8,13H2,1-2H3/t16-,17-/m1/s1. The summed E-state index contributed by atoms with van der Waals surface area (Å²) in [7, 11) is 1.90. The van der Waals surface area contributed by atoms with Crippen molar-refractivity contribution in [2.45, 2.75) is 57.5 Å². The van der Waals surface area contributed by atoms with E-state index in [1.807, 2.05) is 41.1 Å². The zero-order valence-corrected chi connectivity index (χ0v) is 14.1. The average molecular weight is 314 g/mol. The molecule has 0 radical (unpaired) electrons. The van der Waals surface area contributed by atoms with Crippen molar-refractivity contribution in [3.05, 3.63) is 35.4 Å². The van der Waals surface area contributed by atoms with E-state index in [1.165, 1.54) is 5.56 Å². The van der Waals surface area contributed by atoms with Crippen LogP contribution in [0.4, 0.5) is 0 Å². The lowest BCUT2D eigenvalue weighted by molar-refractivity contribution is -0.132. The molecule has 2 heterocycles. The number of carbonyl (C=O) groups is 2. The van der Waals surface area contributed by atoms with Crippen LogP contribution in [0.3, 0.4) is 0 Å². The van der Waals surface area contributed by atoms with E-state index in [2.05, 4.69) is 6.92 Å². The maximum Gasteiger partial charge on any atom is 0.254 e. The van der Waals surface area contributed by atoms with Gasteiger partial charge in [0.15, 0.2) is 0 Å². The van der Waals surface area contributed by atoms with E-state index in [0.29, 0.717) is 6.42 Å². The van der Waals surface area contributed by atoms with Crippen molar-refractivity contribution in [3.8, 4) is 0 Å². The molecule has 2 aliphatic heterocycles. The van der Waals surface area contributed by atoms with Crippen molar-refractivity contribution in [2.75, 3.05) is 13.6 Å². The fourth-order valence-corrected chi connectivity index (χ4v) is 3.96. The molecule has 2 saturated heterocycles. The number of likely N-dealkylation sites (N-methyl/N-ethyl adjacent to an activating group) is 1.